The zero-order valence-electron chi connectivity index (χ0n) is 20.0. The van der Waals surface area contributed by atoms with Gasteiger partial charge in [-0.1, -0.05) is 32.0 Å². The third kappa shape index (κ3) is 3.76. The van der Waals surface area contributed by atoms with Crippen molar-refractivity contribution >= 4 is 16.6 Å². The van der Waals surface area contributed by atoms with E-state index >= 15 is 0 Å². The van der Waals surface area contributed by atoms with Gasteiger partial charge in [-0.3, -0.25) is 9.36 Å². The number of fused-ring (bicyclic) bond motifs is 1. The minimum atomic E-state index is -0.453. The Bertz CT molecular complexity index is 1340. The Balaban J connectivity index is 1.47. The first-order valence-corrected chi connectivity index (χ1v) is 11.9. The fraction of sp³-hybridized carbons (Fsp3) is 0.462. The molecule has 0 spiro atoms. The predicted octanol–water partition coefficient (Wildman–Crippen LogP) is 2.39. The second kappa shape index (κ2) is 8.20. The molecule has 1 saturated heterocycles. The molecule has 2 atom stereocenters. The van der Waals surface area contributed by atoms with Crippen LogP contribution in [0.2, 0.25) is 0 Å². The molecule has 1 saturated carbocycles. The number of aryl methyl sites for hydroxylation is 1. The van der Waals surface area contributed by atoms with Crippen LogP contribution in [-0.2, 0) is 0 Å². The van der Waals surface area contributed by atoms with Gasteiger partial charge in [-0.15, -0.1) is 0 Å². The number of anilines is 1. The Labute approximate surface area is 198 Å². The van der Waals surface area contributed by atoms with E-state index in [1.807, 2.05) is 43.3 Å². The van der Waals surface area contributed by atoms with Crippen molar-refractivity contribution in [2.45, 2.75) is 45.7 Å². The van der Waals surface area contributed by atoms with E-state index in [0.29, 0.717) is 17.5 Å². The van der Waals surface area contributed by atoms with Crippen LogP contribution in [0.15, 0.2) is 52.1 Å². The summed E-state index contributed by atoms with van der Waals surface area (Å²) < 4.78 is 8.40. The standard InChI is InChI=1S/C26H33N5O3/c1-16-22(12-11-19-23(16)30(17-9-10-17)25(33)31(28)24(19)32)29-13-20(26(2,3)15-29)21(27)14-34-18-7-5-4-6-8-18/h4-8,11-12,17,20-21H,9-10,13-15,27-28H2,1-3H3/t20?,21-/m0/s1. The normalized spacial score (nSPS) is 20.6. The highest BCUT2D eigenvalue weighted by Crippen LogP contribution is 2.42. The average molecular weight is 464 g/mol. The monoisotopic (exact) mass is 463 g/mol. The van der Waals surface area contributed by atoms with E-state index in [1.54, 1.807) is 10.6 Å². The van der Waals surface area contributed by atoms with Gasteiger partial charge >= 0.3 is 5.69 Å². The number of para-hydroxylation sites is 1. The molecule has 8 nitrogen and oxygen atoms in total. The molecule has 2 aliphatic rings. The van der Waals surface area contributed by atoms with E-state index < -0.39 is 11.2 Å². The molecule has 180 valence electrons. The minimum Gasteiger partial charge on any atom is -0.492 e. The van der Waals surface area contributed by atoms with Gasteiger partial charge in [-0.2, -0.15) is 4.68 Å². The number of rotatable bonds is 6. The second-order valence-corrected chi connectivity index (χ2v) is 10.4. The lowest BCUT2D eigenvalue weighted by Gasteiger charge is -2.30. The van der Waals surface area contributed by atoms with Gasteiger partial charge in [0.1, 0.15) is 12.4 Å². The maximum atomic E-state index is 12.9. The number of ether oxygens (including phenoxy) is 1. The van der Waals surface area contributed by atoms with E-state index in [9.17, 15) is 9.59 Å². The van der Waals surface area contributed by atoms with Crippen molar-refractivity contribution in [2.24, 2.45) is 17.1 Å². The van der Waals surface area contributed by atoms with E-state index in [0.717, 1.165) is 47.6 Å². The summed E-state index contributed by atoms with van der Waals surface area (Å²) in [5, 5.41) is 0.484. The van der Waals surface area contributed by atoms with Crippen molar-refractivity contribution in [1.82, 2.24) is 9.24 Å². The fourth-order valence-electron chi connectivity index (χ4n) is 5.50. The van der Waals surface area contributed by atoms with Gasteiger partial charge in [-0.05, 0) is 55.0 Å². The van der Waals surface area contributed by atoms with Gasteiger partial charge < -0.3 is 21.2 Å². The summed E-state index contributed by atoms with van der Waals surface area (Å²) in [6, 6.07) is 13.5. The molecule has 3 aromatic rings. The molecular weight excluding hydrogens is 430 g/mol. The summed E-state index contributed by atoms with van der Waals surface area (Å²) in [5.74, 6) is 6.85. The number of hydrogen-bond acceptors (Lipinski definition) is 6. The van der Waals surface area contributed by atoms with Crippen molar-refractivity contribution in [2.75, 3.05) is 30.4 Å². The van der Waals surface area contributed by atoms with Crippen LogP contribution >= 0.6 is 0 Å². The third-order valence-corrected chi connectivity index (χ3v) is 7.48. The number of nitrogen functional groups attached to an aromatic ring is 1. The predicted molar refractivity (Wildman–Crippen MR) is 135 cm³/mol. The largest absolute Gasteiger partial charge is 0.492 e. The molecule has 2 fully saturated rings. The van der Waals surface area contributed by atoms with Gasteiger partial charge in [0.2, 0.25) is 0 Å². The van der Waals surface area contributed by atoms with E-state index in [-0.39, 0.29) is 23.4 Å². The van der Waals surface area contributed by atoms with Gasteiger partial charge in [0.25, 0.3) is 5.56 Å². The van der Waals surface area contributed by atoms with E-state index in [2.05, 4.69) is 18.7 Å². The number of aromatic nitrogens is 2. The SMILES string of the molecule is Cc1c(N2CC([C@@H](N)COc3ccccc3)C(C)(C)C2)ccc2c(=O)n(N)c(=O)n(C3CC3)c12. The van der Waals surface area contributed by atoms with Crippen LogP contribution in [0.3, 0.4) is 0 Å². The Kier molecular flexibility index (Phi) is 5.43. The molecule has 0 amide bonds. The van der Waals surface area contributed by atoms with Crippen LogP contribution in [0.1, 0.15) is 38.3 Å². The Morgan fingerprint density at radius 2 is 1.82 bits per heavy atom. The zero-order chi connectivity index (χ0) is 24.2. The van der Waals surface area contributed by atoms with Gasteiger partial charge in [0.15, 0.2) is 0 Å². The molecule has 1 aliphatic heterocycles. The van der Waals surface area contributed by atoms with Crippen molar-refractivity contribution in [3.8, 4) is 5.75 Å². The van der Waals surface area contributed by atoms with Crippen LogP contribution in [0, 0.1) is 18.3 Å². The minimum absolute atomic E-state index is 0.0301. The molecule has 0 bridgehead atoms. The molecule has 4 N–H and O–H groups in total. The summed E-state index contributed by atoms with van der Waals surface area (Å²) in [6.45, 7) is 8.52. The van der Waals surface area contributed by atoms with Crippen molar-refractivity contribution in [1.29, 1.82) is 0 Å². The lowest BCUT2D eigenvalue weighted by molar-refractivity contribution is 0.185. The molecule has 0 radical (unpaired) electrons. The molecule has 34 heavy (non-hydrogen) atoms. The van der Waals surface area contributed by atoms with Crippen LogP contribution in [-0.4, -0.2) is 35.0 Å². The molecule has 2 aromatic carbocycles. The maximum absolute atomic E-state index is 12.9. The molecular formula is C26H33N5O3. The quantitative estimate of drug-likeness (QED) is 0.544. The van der Waals surface area contributed by atoms with E-state index in [1.165, 1.54) is 0 Å². The molecule has 1 aliphatic carbocycles. The highest BCUT2D eigenvalue weighted by atomic mass is 16.5. The van der Waals surface area contributed by atoms with Gasteiger partial charge in [0.05, 0.1) is 10.9 Å². The number of nitrogens with zero attached hydrogens (tertiary/aromatic N) is 3. The number of benzene rings is 2. The summed E-state index contributed by atoms with van der Waals surface area (Å²) in [7, 11) is 0. The average Bonchev–Trinajstić information content (AvgIpc) is 3.60. The highest BCUT2D eigenvalue weighted by Gasteiger charge is 2.43. The Morgan fingerprint density at radius 1 is 1.12 bits per heavy atom. The van der Waals surface area contributed by atoms with E-state index in [4.69, 9.17) is 16.3 Å². The van der Waals surface area contributed by atoms with Crippen molar-refractivity contribution in [3.05, 3.63) is 68.9 Å². The van der Waals surface area contributed by atoms with Crippen LogP contribution in [0.25, 0.3) is 10.9 Å². The maximum Gasteiger partial charge on any atom is 0.350 e. The molecule has 5 rings (SSSR count). The Morgan fingerprint density at radius 3 is 2.50 bits per heavy atom. The lowest BCUT2D eigenvalue weighted by atomic mass is 9.78. The molecule has 1 unspecified atom stereocenters. The van der Waals surface area contributed by atoms with Crippen molar-refractivity contribution < 1.29 is 4.74 Å². The first-order valence-electron chi connectivity index (χ1n) is 11.9. The van der Waals surface area contributed by atoms with Crippen LogP contribution in [0.4, 0.5) is 5.69 Å². The second-order valence-electron chi connectivity index (χ2n) is 10.4. The summed E-state index contributed by atoms with van der Waals surface area (Å²) in [6.07, 6.45) is 1.85. The first-order chi connectivity index (χ1) is 16.2. The topological polar surface area (TPSA) is 109 Å². The smallest absolute Gasteiger partial charge is 0.350 e. The van der Waals surface area contributed by atoms with Crippen molar-refractivity contribution in [3.63, 3.8) is 0 Å². The highest BCUT2D eigenvalue weighted by molar-refractivity contribution is 5.87. The third-order valence-electron chi connectivity index (χ3n) is 7.48. The summed E-state index contributed by atoms with van der Waals surface area (Å²) in [5.41, 5.74) is 8.39. The van der Waals surface area contributed by atoms with Crippen LogP contribution in [0.5, 0.6) is 5.75 Å². The zero-order valence-corrected chi connectivity index (χ0v) is 20.0. The number of hydrogen-bond donors (Lipinski definition) is 2. The molecule has 2 heterocycles. The number of nitrogens with two attached hydrogens (primary N) is 2. The summed E-state index contributed by atoms with van der Waals surface area (Å²) in [4.78, 5) is 27.9. The Hall–Kier alpha value is -3.26. The molecule has 8 heteroatoms. The van der Waals surface area contributed by atoms with Crippen LogP contribution < -0.4 is 32.5 Å². The first kappa shape index (κ1) is 22.5. The molecule has 1 aromatic heterocycles. The van der Waals surface area contributed by atoms with Gasteiger partial charge in [-0.25, -0.2) is 4.79 Å². The lowest BCUT2D eigenvalue weighted by Crippen LogP contribution is -2.44. The summed E-state index contributed by atoms with van der Waals surface area (Å²) >= 11 is 0. The van der Waals surface area contributed by atoms with Gasteiger partial charge in [0, 0.05) is 36.8 Å². The fourth-order valence-corrected chi connectivity index (χ4v) is 5.50.